The molecule has 0 amide bonds. The Morgan fingerprint density at radius 3 is 2.29 bits per heavy atom. The van der Waals surface area contributed by atoms with Crippen LogP contribution in [0.15, 0.2) is 68.7 Å². The van der Waals surface area contributed by atoms with Crippen LogP contribution in [0.4, 0.5) is 11.5 Å². The van der Waals surface area contributed by atoms with Crippen molar-refractivity contribution in [3.05, 3.63) is 107 Å². The zero-order valence-corrected chi connectivity index (χ0v) is 18.4. The Morgan fingerprint density at radius 2 is 1.68 bits per heavy atom. The van der Waals surface area contributed by atoms with Crippen molar-refractivity contribution >= 4 is 28.9 Å². The molecule has 2 aromatic carbocycles. The first-order chi connectivity index (χ1) is 16.2. The van der Waals surface area contributed by atoms with Gasteiger partial charge in [-0.15, -0.1) is 0 Å². The molecule has 2 heterocycles. The third-order valence-corrected chi connectivity index (χ3v) is 6.07. The summed E-state index contributed by atoms with van der Waals surface area (Å²) in [5.74, 6) is -0.864. The van der Waals surface area contributed by atoms with Gasteiger partial charge in [-0.2, -0.15) is 0 Å². The number of aliphatic imine (C=N–C) groups is 1. The molecular weight excluding hydrogens is 440 g/mol. The molecule has 10 heteroatoms. The van der Waals surface area contributed by atoms with Crippen LogP contribution in [0.5, 0.6) is 0 Å². The van der Waals surface area contributed by atoms with E-state index in [-0.39, 0.29) is 22.8 Å². The molecule has 2 aliphatic rings. The highest BCUT2D eigenvalue weighted by Gasteiger charge is 2.42. The van der Waals surface area contributed by atoms with Gasteiger partial charge in [0.05, 0.1) is 16.2 Å². The van der Waals surface area contributed by atoms with Crippen LogP contribution in [0, 0.1) is 10.1 Å². The largest absolute Gasteiger partial charge is 0.426 e. The van der Waals surface area contributed by atoms with Gasteiger partial charge in [0.15, 0.2) is 0 Å². The number of ether oxygens (including phenoxy) is 1. The Morgan fingerprint density at radius 1 is 1.03 bits per heavy atom. The molecule has 0 radical (unpaired) electrons. The Kier molecular flexibility index (Phi) is 4.67. The summed E-state index contributed by atoms with van der Waals surface area (Å²) in [6, 6.07) is 13.0. The fraction of sp³-hybridized carbons (Fsp3) is 0.167. The van der Waals surface area contributed by atoms with Crippen molar-refractivity contribution in [2.75, 3.05) is 0 Å². The summed E-state index contributed by atoms with van der Waals surface area (Å²) in [7, 11) is 2.90. The number of carbonyl (C=O) groups excluding carboxylic acids is 1. The lowest BCUT2D eigenvalue weighted by molar-refractivity contribution is -0.384. The van der Waals surface area contributed by atoms with E-state index in [0.29, 0.717) is 28.0 Å². The predicted molar refractivity (Wildman–Crippen MR) is 123 cm³/mol. The van der Waals surface area contributed by atoms with Gasteiger partial charge in [-0.3, -0.25) is 28.8 Å². The maximum atomic E-state index is 13.4. The third kappa shape index (κ3) is 2.95. The van der Waals surface area contributed by atoms with E-state index in [9.17, 15) is 24.5 Å². The van der Waals surface area contributed by atoms with Gasteiger partial charge in [-0.25, -0.2) is 9.79 Å². The second kappa shape index (κ2) is 7.48. The molecule has 170 valence electrons. The molecule has 0 fully saturated rings. The van der Waals surface area contributed by atoms with Crippen molar-refractivity contribution < 1.29 is 14.5 Å². The van der Waals surface area contributed by atoms with Gasteiger partial charge in [0.1, 0.15) is 11.6 Å². The number of non-ortho nitro benzene ring substituents is 1. The molecule has 10 nitrogen and oxygen atoms in total. The van der Waals surface area contributed by atoms with E-state index in [0.717, 1.165) is 4.57 Å². The lowest BCUT2D eigenvalue weighted by atomic mass is 9.81. The zero-order chi connectivity index (χ0) is 24.3. The fourth-order valence-electron chi connectivity index (χ4n) is 4.55. The van der Waals surface area contributed by atoms with Crippen LogP contribution in [0.3, 0.4) is 0 Å². The van der Waals surface area contributed by atoms with E-state index in [1.165, 1.54) is 37.7 Å². The minimum absolute atomic E-state index is 0.106. The Labute approximate surface area is 192 Å². The average molecular weight is 458 g/mol. The number of nitrogens with zero attached hydrogens (tertiary/aromatic N) is 4. The quantitative estimate of drug-likeness (QED) is 0.337. The number of benzene rings is 2. The van der Waals surface area contributed by atoms with Crippen LogP contribution < -0.4 is 11.2 Å². The minimum Gasteiger partial charge on any atom is -0.426 e. The monoisotopic (exact) mass is 458 g/mol. The maximum Gasteiger partial charge on any atom is 0.332 e. The van der Waals surface area contributed by atoms with Crippen LogP contribution in [0.25, 0.3) is 5.76 Å². The molecule has 0 saturated carbocycles. The van der Waals surface area contributed by atoms with Gasteiger partial charge in [0, 0.05) is 55.8 Å². The number of carbonyl (C=O) groups is 1. The van der Waals surface area contributed by atoms with Crippen molar-refractivity contribution in [3.63, 3.8) is 0 Å². The van der Waals surface area contributed by atoms with Gasteiger partial charge < -0.3 is 4.74 Å². The second-order valence-corrected chi connectivity index (χ2v) is 8.07. The van der Waals surface area contributed by atoms with Crippen molar-refractivity contribution in [2.24, 2.45) is 19.1 Å². The Hall–Kier alpha value is -4.60. The van der Waals surface area contributed by atoms with Crippen LogP contribution >= 0.6 is 0 Å². The Balaban J connectivity index is 1.91. The van der Waals surface area contributed by atoms with Crippen LogP contribution in [0.2, 0.25) is 0 Å². The number of nitro groups is 1. The minimum atomic E-state index is -0.782. The first kappa shape index (κ1) is 21.3. The number of fused-ring (bicyclic) bond motifs is 4. The summed E-state index contributed by atoms with van der Waals surface area (Å²) in [6.45, 7) is 1.28. The van der Waals surface area contributed by atoms with Crippen molar-refractivity contribution in [1.82, 2.24) is 9.13 Å². The SMILES string of the molecule is CC(=O)OC1=C2C(=Nc3c(c(=O)n(C)c(=O)n3C)C2c2ccc([N+](=O)[O-])cc2)c2ccccc21. The summed E-state index contributed by atoms with van der Waals surface area (Å²) in [4.78, 5) is 53.5. The van der Waals surface area contributed by atoms with E-state index < -0.39 is 28.1 Å². The first-order valence-electron chi connectivity index (χ1n) is 10.4. The molecule has 1 aromatic heterocycles. The van der Waals surface area contributed by atoms with Crippen molar-refractivity contribution in [3.8, 4) is 0 Å². The number of hydrogen-bond donors (Lipinski definition) is 0. The van der Waals surface area contributed by atoms with Gasteiger partial charge in [0.25, 0.3) is 11.2 Å². The number of nitro benzene ring substituents is 1. The molecule has 1 atom stereocenters. The molecule has 0 bridgehead atoms. The van der Waals surface area contributed by atoms with Gasteiger partial charge in [-0.1, -0.05) is 36.4 Å². The lowest BCUT2D eigenvalue weighted by Gasteiger charge is -2.27. The zero-order valence-electron chi connectivity index (χ0n) is 18.4. The fourth-order valence-corrected chi connectivity index (χ4v) is 4.55. The molecule has 0 saturated heterocycles. The number of hydrogen-bond acceptors (Lipinski definition) is 7. The van der Waals surface area contributed by atoms with Crippen LogP contribution in [0.1, 0.15) is 35.1 Å². The number of aromatic nitrogens is 2. The van der Waals surface area contributed by atoms with E-state index in [1.54, 1.807) is 24.3 Å². The number of esters is 1. The highest BCUT2D eigenvalue weighted by molar-refractivity contribution is 6.25. The van der Waals surface area contributed by atoms with E-state index >= 15 is 0 Å². The molecule has 34 heavy (non-hydrogen) atoms. The molecule has 0 N–H and O–H groups in total. The van der Waals surface area contributed by atoms with Gasteiger partial charge in [-0.05, 0) is 5.56 Å². The summed E-state index contributed by atoms with van der Waals surface area (Å²) in [5, 5.41) is 11.2. The third-order valence-electron chi connectivity index (χ3n) is 6.07. The average Bonchev–Trinajstić information content (AvgIpc) is 3.13. The molecule has 1 aliphatic heterocycles. The normalized spacial score (nSPS) is 15.9. The van der Waals surface area contributed by atoms with E-state index in [2.05, 4.69) is 0 Å². The molecular formula is C24H18N4O6. The second-order valence-electron chi connectivity index (χ2n) is 8.07. The highest BCUT2D eigenvalue weighted by atomic mass is 16.6. The van der Waals surface area contributed by atoms with Crippen molar-refractivity contribution in [1.29, 1.82) is 0 Å². The van der Waals surface area contributed by atoms with Gasteiger partial charge >= 0.3 is 11.7 Å². The summed E-state index contributed by atoms with van der Waals surface area (Å²) >= 11 is 0. The molecule has 1 aliphatic carbocycles. The van der Waals surface area contributed by atoms with E-state index in [1.807, 2.05) is 12.1 Å². The molecule has 0 spiro atoms. The molecule has 1 unspecified atom stereocenters. The smallest absolute Gasteiger partial charge is 0.332 e. The van der Waals surface area contributed by atoms with Crippen molar-refractivity contribution in [2.45, 2.75) is 12.8 Å². The van der Waals surface area contributed by atoms with Crippen LogP contribution in [-0.4, -0.2) is 25.7 Å². The molecule has 5 rings (SSSR count). The van der Waals surface area contributed by atoms with Crippen LogP contribution in [-0.2, 0) is 23.6 Å². The topological polar surface area (TPSA) is 126 Å². The Bertz CT molecular complexity index is 1590. The first-order valence-corrected chi connectivity index (χ1v) is 10.4. The number of rotatable bonds is 3. The predicted octanol–water partition coefficient (Wildman–Crippen LogP) is 2.55. The lowest BCUT2D eigenvalue weighted by Crippen LogP contribution is -2.41. The molecule has 3 aromatic rings. The summed E-state index contributed by atoms with van der Waals surface area (Å²) < 4.78 is 7.92. The van der Waals surface area contributed by atoms with E-state index in [4.69, 9.17) is 9.73 Å². The maximum absolute atomic E-state index is 13.4. The van der Waals surface area contributed by atoms with Gasteiger partial charge in [0.2, 0.25) is 0 Å². The highest BCUT2D eigenvalue weighted by Crippen LogP contribution is 2.48. The summed E-state index contributed by atoms with van der Waals surface area (Å²) in [5.41, 5.74) is 1.89. The standard InChI is InChI=1S/C24H18N4O6/c1-12(29)34-21-16-7-5-4-6-15(16)20-18(21)17(13-8-10-14(11-9-13)28(32)33)19-22(25-20)26(2)24(31)27(3)23(19)30/h4-11,17H,1-3H3. The summed E-state index contributed by atoms with van der Waals surface area (Å²) in [6.07, 6.45) is 0. The number of allylic oxidation sites excluding steroid dienone is 1.